The first-order chi connectivity index (χ1) is 19.2. The minimum atomic E-state index is -4.93. The van der Waals surface area contributed by atoms with Gasteiger partial charge in [0.1, 0.15) is 5.82 Å². The molecular weight excluding hydrogens is 552 g/mol. The molecule has 0 saturated heterocycles. The van der Waals surface area contributed by atoms with Crippen LogP contribution in [-0.4, -0.2) is 64.9 Å². The molecule has 4 rings (SSSR count). The summed E-state index contributed by atoms with van der Waals surface area (Å²) >= 11 is 0. The van der Waals surface area contributed by atoms with Crippen molar-refractivity contribution in [2.75, 3.05) is 31.6 Å². The molecule has 1 unspecified atom stereocenters. The molecule has 0 bridgehead atoms. The highest BCUT2D eigenvalue weighted by atomic mass is 19.4. The van der Waals surface area contributed by atoms with Crippen LogP contribution in [0.25, 0.3) is 11.0 Å². The minimum absolute atomic E-state index is 0.135. The maximum atomic E-state index is 13.6. The van der Waals surface area contributed by atoms with E-state index in [9.17, 15) is 31.1 Å². The number of alkyl halides is 6. The highest BCUT2D eigenvalue weighted by Crippen LogP contribution is 2.42. The quantitative estimate of drug-likeness (QED) is 0.316. The van der Waals surface area contributed by atoms with Crippen LogP contribution in [0.3, 0.4) is 0 Å². The summed E-state index contributed by atoms with van der Waals surface area (Å²) in [5, 5.41) is 5.19. The number of methoxy groups -OCH3 is 1. The van der Waals surface area contributed by atoms with Crippen molar-refractivity contribution in [1.29, 1.82) is 0 Å². The van der Waals surface area contributed by atoms with E-state index in [1.165, 1.54) is 0 Å². The van der Waals surface area contributed by atoms with Gasteiger partial charge in [0.05, 0.1) is 25.3 Å². The van der Waals surface area contributed by atoms with Crippen LogP contribution in [0.15, 0.2) is 29.4 Å². The number of amides is 1. The number of aromatic nitrogens is 3. The van der Waals surface area contributed by atoms with Gasteiger partial charge in [-0.15, -0.1) is 0 Å². The Balaban J connectivity index is 1.74. The summed E-state index contributed by atoms with van der Waals surface area (Å²) in [6.45, 7) is 4.53. The Hall–Kier alpha value is -3.25. The van der Waals surface area contributed by atoms with Crippen LogP contribution in [0, 0.1) is 18.8 Å². The van der Waals surface area contributed by atoms with Gasteiger partial charge in [0.25, 0.3) is 0 Å². The summed E-state index contributed by atoms with van der Waals surface area (Å²) in [5.41, 5.74) is 0.388. The zero-order valence-electron chi connectivity index (χ0n) is 23.6. The number of nitrogens with zero attached hydrogens (tertiary/aromatic N) is 5. The topological polar surface area (TPSA) is 63.5 Å². The lowest BCUT2D eigenvalue weighted by molar-refractivity contribution is -0.166. The van der Waals surface area contributed by atoms with Gasteiger partial charge >= 0.3 is 18.4 Å². The van der Waals surface area contributed by atoms with Crippen LogP contribution < -0.4 is 4.90 Å². The maximum Gasteiger partial charge on any atom is 0.412 e. The lowest BCUT2D eigenvalue weighted by Crippen LogP contribution is -2.36. The van der Waals surface area contributed by atoms with Crippen LogP contribution in [-0.2, 0) is 18.3 Å². The fraction of sp³-hybridized carbons (Fsp3) is 0.607. The van der Waals surface area contributed by atoms with Gasteiger partial charge in [-0.2, -0.15) is 31.4 Å². The molecule has 2 aliphatic carbocycles. The van der Waals surface area contributed by atoms with Crippen LogP contribution in [0.5, 0.6) is 0 Å². The van der Waals surface area contributed by atoms with Crippen LogP contribution in [0.1, 0.15) is 50.3 Å². The largest absolute Gasteiger partial charge is 0.453 e. The van der Waals surface area contributed by atoms with Gasteiger partial charge in [0.2, 0.25) is 0 Å². The van der Waals surface area contributed by atoms with E-state index in [1.54, 1.807) is 11.7 Å². The summed E-state index contributed by atoms with van der Waals surface area (Å²) in [7, 11) is 2.89. The number of pyridine rings is 1. The van der Waals surface area contributed by atoms with Gasteiger partial charge in [-0.05, 0) is 56.7 Å². The van der Waals surface area contributed by atoms with Gasteiger partial charge in [-0.1, -0.05) is 18.9 Å². The summed E-state index contributed by atoms with van der Waals surface area (Å²) in [6.07, 6.45) is -5.93. The van der Waals surface area contributed by atoms with Crippen LogP contribution in [0.4, 0.5) is 37.0 Å². The SMILES string of the molecule is CCN(CC1CCCC1)c1nc2c(cc1CN(CC1=CC(C(F)(F)F)CC(C(F)(F)F)=C1)C(=O)OC)c(C)nn2C. The average Bonchev–Trinajstić information content (AvgIpc) is 3.52. The lowest BCUT2D eigenvalue weighted by Gasteiger charge is -2.30. The van der Waals surface area contributed by atoms with Crippen molar-refractivity contribution in [2.24, 2.45) is 18.9 Å². The molecule has 226 valence electrons. The molecule has 0 aliphatic heterocycles. The first-order valence-electron chi connectivity index (χ1n) is 13.7. The molecule has 0 radical (unpaired) electrons. The standard InChI is InChI=1S/C28H35F6N5O2/c1-5-38(14-18-8-6-7-9-18)24-20(12-23-17(2)36-37(3)25(23)35-24)16-39(26(40)41-4)15-19-10-21(27(29,30)31)13-22(11-19)28(32,33)34/h10-12,18,21H,5-9,13-16H2,1-4H3. The first-order valence-corrected chi connectivity index (χ1v) is 13.7. The van der Waals surface area contributed by atoms with Gasteiger partial charge in [-0.25, -0.2) is 9.78 Å². The Morgan fingerprint density at radius 2 is 1.83 bits per heavy atom. The molecule has 1 fully saturated rings. The van der Waals surface area contributed by atoms with Gasteiger partial charge in [0, 0.05) is 43.2 Å². The maximum absolute atomic E-state index is 13.6. The number of aryl methyl sites for hydroxylation is 2. The van der Waals surface area contributed by atoms with E-state index in [4.69, 9.17) is 9.72 Å². The van der Waals surface area contributed by atoms with E-state index < -0.39 is 42.9 Å². The Kier molecular flexibility index (Phi) is 8.93. The van der Waals surface area contributed by atoms with E-state index in [1.807, 2.05) is 19.9 Å². The molecule has 2 aromatic heterocycles. The van der Waals surface area contributed by atoms with Gasteiger partial charge < -0.3 is 9.64 Å². The van der Waals surface area contributed by atoms with Gasteiger partial charge in [0.15, 0.2) is 5.65 Å². The molecule has 2 aromatic rings. The molecule has 1 saturated carbocycles. The predicted octanol–water partition coefficient (Wildman–Crippen LogP) is 6.86. The molecule has 0 aromatic carbocycles. The summed E-state index contributed by atoms with van der Waals surface area (Å²) in [6, 6.07) is 1.85. The zero-order valence-corrected chi connectivity index (χ0v) is 23.6. The monoisotopic (exact) mass is 587 g/mol. The summed E-state index contributed by atoms with van der Waals surface area (Å²) < 4.78 is 87.8. The second kappa shape index (κ2) is 11.9. The third kappa shape index (κ3) is 6.98. The van der Waals surface area contributed by atoms with E-state index in [2.05, 4.69) is 10.00 Å². The predicted molar refractivity (Wildman–Crippen MR) is 142 cm³/mol. The molecule has 2 heterocycles. The molecule has 41 heavy (non-hydrogen) atoms. The van der Waals surface area contributed by atoms with Crippen molar-refractivity contribution in [3.8, 4) is 0 Å². The van der Waals surface area contributed by atoms with Crippen molar-refractivity contribution < 1.29 is 35.9 Å². The van der Waals surface area contributed by atoms with Crippen molar-refractivity contribution in [3.05, 3.63) is 40.6 Å². The van der Waals surface area contributed by atoms with E-state index in [0.29, 0.717) is 41.3 Å². The zero-order chi connectivity index (χ0) is 30.1. The number of carbonyl (C=O) groups excluding carboxylic acids is 1. The van der Waals surface area contributed by atoms with Crippen molar-refractivity contribution in [3.63, 3.8) is 0 Å². The fourth-order valence-corrected chi connectivity index (χ4v) is 5.77. The Labute approximate surface area is 234 Å². The Morgan fingerprint density at radius 1 is 1.15 bits per heavy atom. The minimum Gasteiger partial charge on any atom is -0.453 e. The number of hydrogen-bond acceptors (Lipinski definition) is 5. The molecule has 1 amide bonds. The normalized spacial score (nSPS) is 18.4. The van der Waals surface area contributed by atoms with Crippen molar-refractivity contribution in [2.45, 2.75) is 64.8 Å². The molecule has 0 spiro atoms. The third-order valence-corrected chi connectivity index (χ3v) is 7.86. The Morgan fingerprint density at radius 3 is 2.41 bits per heavy atom. The van der Waals surface area contributed by atoms with E-state index >= 15 is 0 Å². The van der Waals surface area contributed by atoms with Crippen molar-refractivity contribution >= 4 is 22.9 Å². The number of anilines is 1. The number of halogens is 6. The molecule has 0 N–H and O–H groups in total. The first kappa shape index (κ1) is 30.7. The number of ether oxygens (including phenoxy) is 1. The highest BCUT2D eigenvalue weighted by Gasteiger charge is 2.45. The van der Waals surface area contributed by atoms with Gasteiger partial charge in [-0.3, -0.25) is 9.58 Å². The average molecular weight is 588 g/mol. The van der Waals surface area contributed by atoms with E-state index in [0.717, 1.165) is 55.7 Å². The molecule has 2 aliphatic rings. The number of fused-ring (bicyclic) bond motifs is 1. The number of carbonyl (C=O) groups is 1. The molecular formula is C28H35F6N5O2. The number of allylic oxidation sites excluding steroid dienone is 2. The fourth-order valence-electron chi connectivity index (χ4n) is 5.77. The second-order valence-corrected chi connectivity index (χ2v) is 10.8. The van der Waals surface area contributed by atoms with Crippen molar-refractivity contribution in [1.82, 2.24) is 19.7 Å². The highest BCUT2D eigenvalue weighted by molar-refractivity contribution is 5.82. The Bertz CT molecular complexity index is 1320. The molecule has 1 atom stereocenters. The third-order valence-electron chi connectivity index (χ3n) is 7.86. The van der Waals surface area contributed by atoms with E-state index in [-0.39, 0.29) is 12.1 Å². The van der Waals surface area contributed by atoms with Crippen LogP contribution >= 0.6 is 0 Å². The number of hydrogen-bond donors (Lipinski definition) is 0. The van der Waals surface area contributed by atoms with Crippen LogP contribution in [0.2, 0.25) is 0 Å². The molecule has 13 heteroatoms. The summed E-state index contributed by atoms with van der Waals surface area (Å²) in [4.78, 5) is 21.0. The number of rotatable bonds is 8. The summed E-state index contributed by atoms with van der Waals surface area (Å²) in [5.74, 6) is -1.24. The lowest BCUT2D eigenvalue weighted by atomic mass is 9.89. The molecule has 7 nitrogen and oxygen atoms in total. The second-order valence-electron chi connectivity index (χ2n) is 10.8. The smallest absolute Gasteiger partial charge is 0.412 e.